The first-order valence-electron chi connectivity index (χ1n) is 7.29. The number of hydrogen-bond acceptors (Lipinski definition) is 3. The molecule has 0 spiro atoms. The third-order valence-corrected chi connectivity index (χ3v) is 3.46. The Morgan fingerprint density at radius 1 is 1.25 bits per heavy atom. The Balaban J connectivity index is 2.09. The first-order chi connectivity index (χ1) is 9.59. The Hall–Kier alpha value is -1.68. The minimum absolute atomic E-state index is 0.549. The van der Waals surface area contributed by atoms with Gasteiger partial charge in [-0.3, -0.25) is 0 Å². The van der Waals surface area contributed by atoms with Crippen molar-refractivity contribution < 1.29 is 0 Å². The van der Waals surface area contributed by atoms with Gasteiger partial charge in [-0.2, -0.15) is 5.10 Å². The van der Waals surface area contributed by atoms with E-state index in [2.05, 4.69) is 43.1 Å². The van der Waals surface area contributed by atoms with E-state index in [1.165, 1.54) is 11.3 Å². The molecular formula is C16H24N4. The van der Waals surface area contributed by atoms with E-state index in [9.17, 15) is 0 Å². The molecule has 108 valence electrons. The van der Waals surface area contributed by atoms with Crippen LogP contribution in [0, 0.1) is 13.8 Å². The van der Waals surface area contributed by atoms with E-state index >= 15 is 0 Å². The Morgan fingerprint density at radius 2 is 2.05 bits per heavy atom. The van der Waals surface area contributed by atoms with E-state index in [4.69, 9.17) is 0 Å². The van der Waals surface area contributed by atoms with Crippen LogP contribution in [0.5, 0.6) is 0 Å². The Kier molecular flexibility index (Phi) is 4.90. The van der Waals surface area contributed by atoms with Crippen LogP contribution in [-0.4, -0.2) is 27.4 Å². The van der Waals surface area contributed by atoms with Gasteiger partial charge in [-0.05, 0) is 50.9 Å². The number of hydrogen-bond donors (Lipinski definition) is 1. The van der Waals surface area contributed by atoms with E-state index in [0.29, 0.717) is 6.04 Å². The van der Waals surface area contributed by atoms with Crippen molar-refractivity contribution in [1.82, 2.24) is 20.1 Å². The van der Waals surface area contributed by atoms with Crippen LogP contribution in [0.2, 0.25) is 0 Å². The van der Waals surface area contributed by atoms with E-state index < -0.39 is 0 Å². The summed E-state index contributed by atoms with van der Waals surface area (Å²) in [6, 6.07) is 6.45. The molecule has 20 heavy (non-hydrogen) atoms. The molecule has 2 aromatic rings. The summed E-state index contributed by atoms with van der Waals surface area (Å²) >= 11 is 0. The summed E-state index contributed by atoms with van der Waals surface area (Å²) in [7, 11) is 0. The third-order valence-electron chi connectivity index (χ3n) is 3.46. The van der Waals surface area contributed by atoms with Gasteiger partial charge < -0.3 is 5.32 Å². The summed E-state index contributed by atoms with van der Waals surface area (Å²) in [5.41, 5.74) is 3.66. The number of aryl methyl sites for hydroxylation is 1. The highest BCUT2D eigenvalue weighted by Gasteiger charge is 2.12. The van der Waals surface area contributed by atoms with Gasteiger partial charge in [0.05, 0.1) is 5.69 Å². The standard InChI is InChI=1S/C16H24N4/c1-12(2)17-11-7-8-15-13(3)19-20(14(15)4)16-9-5-6-10-18-16/h5-6,9-10,12,17H,7-8,11H2,1-4H3. The van der Waals surface area contributed by atoms with Gasteiger partial charge in [0, 0.05) is 17.9 Å². The molecule has 0 aliphatic rings. The van der Waals surface area contributed by atoms with Gasteiger partial charge in [-0.1, -0.05) is 19.9 Å². The minimum atomic E-state index is 0.549. The molecule has 0 aliphatic heterocycles. The van der Waals surface area contributed by atoms with E-state index in [1.54, 1.807) is 6.20 Å². The Bertz CT molecular complexity index is 543. The minimum Gasteiger partial charge on any atom is -0.315 e. The molecule has 4 heteroatoms. The lowest BCUT2D eigenvalue weighted by molar-refractivity contribution is 0.570. The van der Waals surface area contributed by atoms with Gasteiger partial charge in [0.1, 0.15) is 0 Å². The fourth-order valence-electron chi connectivity index (χ4n) is 2.39. The maximum Gasteiger partial charge on any atom is 0.153 e. The van der Waals surface area contributed by atoms with Crippen LogP contribution in [0.25, 0.3) is 5.82 Å². The molecule has 0 aliphatic carbocycles. The van der Waals surface area contributed by atoms with Crippen molar-refractivity contribution >= 4 is 0 Å². The Morgan fingerprint density at radius 3 is 2.70 bits per heavy atom. The van der Waals surface area contributed by atoms with E-state index in [1.807, 2.05) is 22.9 Å². The zero-order chi connectivity index (χ0) is 14.5. The summed E-state index contributed by atoms with van der Waals surface area (Å²) in [6.45, 7) is 9.61. The average molecular weight is 272 g/mol. The molecule has 2 heterocycles. The summed E-state index contributed by atoms with van der Waals surface area (Å²) in [5, 5.41) is 8.08. The quantitative estimate of drug-likeness (QED) is 0.822. The highest BCUT2D eigenvalue weighted by atomic mass is 15.3. The number of aromatic nitrogens is 3. The molecule has 0 aromatic carbocycles. The molecule has 0 bridgehead atoms. The van der Waals surface area contributed by atoms with Crippen LogP contribution in [0.3, 0.4) is 0 Å². The van der Waals surface area contributed by atoms with Crippen LogP contribution < -0.4 is 5.32 Å². The van der Waals surface area contributed by atoms with Crippen molar-refractivity contribution in [3.63, 3.8) is 0 Å². The monoisotopic (exact) mass is 272 g/mol. The molecule has 0 fully saturated rings. The maximum absolute atomic E-state index is 4.63. The number of nitrogens with one attached hydrogen (secondary N) is 1. The molecule has 2 rings (SSSR count). The van der Waals surface area contributed by atoms with Crippen LogP contribution in [0.4, 0.5) is 0 Å². The largest absolute Gasteiger partial charge is 0.315 e. The molecule has 0 radical (unpaired) electrons. The second-order valence-corrected chi connectivity index (χ2v) is 5.46. The van der Waals surface area contributed by atoms with Gasteiger partial charge in [0.2, 0.25) is 0 Å². The van der Waals surface area contributed by atoms with Gasteiger partial charge in [0.25, 0.3) is 0 Å². The van der Waals surface area contributed by atoms with E-state index in [-0.39, 0.29) is 0 Å². The summed E-state index contributed by atoms with van der Waals surface area (Å²) < 4.78 is 1.94. The van der Waals surface area contributed by atoms with Gasteiger partial charge in [-0.25, -0.2) is 9.67 Å². The number of rotatable bonds is 6. The second-order valence-electron chi connectivity index (χ2n) is 5.46. The highest BCUT2D eigenvalue weighted by molar-refractivity contribution is 5.32. The van der Waals surface area contributed by atoms with Crippen molar-refractivity contribution in [3.8, 4) is 5.82 Å². The zero-order valence-electron chi connectivity index (χ0n) is 12.8. The lowest BCUT2D eigenvalue weighted by atomic mass is 10.1. The molecule has 0 amide bonds. The average Bonchev–Trinajstić information content (AvgIpc) is 2.71. The first-order valence-corrected chi connectivity index (χ1v) is 7.29. The maximum atomic E-state index is 4.63. The fourth-order valence-corrected chi connectivity index (χ4v) is 2.39. The van der Waals surface area contributed by atoms with Gasteiger partial charge in [0.15, 0.2) is 5.82 Å². The molecule has 0 saturated heterocycles. The Labute approximate surface area is 121 Å². The van der Waals surface area contributed by atoms with Crippen molar-refractivity contribution in [2.24, 2.45) is 0 Å². The molecule has 2 aromatic heterocycles. The molecule has 0 saturated carbocycles. The molecule has 0 unspecified atom stereocenters. The van der Waals surface area contributed by atoms with E-state index in [0.717, 1.165) is 30.9 Å². The number of nitrogens with zero attached hydrogens (tertiary/aromatic N) is 3. The topological polar surface area (TPSA) is 42.7 Å². The summed E-state index contributed by atoms with van der Waals surface area (Å²) in [6.07, 6.45) is 4.00. The van der Waals surface area contributed by atoms with Crippen molar-refractivity contribution in [3.05, 3.63) is 41.3 Å². The van der Waals surface area contributed by atoms with Gasteiger partial charge in [-0.15, -0.1) is 0 Å². The van der Waals surface area contributed by atoms with Crippen LogP contribution in [-0.2, 0) is 6.42 Å². The van der Waals surface area contributed by atoms with Gasteiger partial charge >= 0.3 is 0 Å². The zero-order valence-corrected chi connectivity index (χ0v) is 12.8. The fraction of sp³-hybridized carbons (Fsp3) is 0.500. The lowest BCUT2D eigenvalue weighted by Crippen LogP contribution is -2.24. The summed E-state index contributed by atoms with van der Waals surface area (Å²) in [4.78, 5) is 4.37. The van der Waals surface area contributed by atoms with Crippen molar-refractivity contribution in [2.45, 2.75) is 46.6 Å². The molecule has 4 nitrogen and oxygen atoms in total. The third kappa shape index (κ3) is 3.45. The summed E-state index contributed by atoms with van der Waals surface area (Å²) in [5.74, 6) is 0.889. The molecule has 0 atom stereocenters. The highest BCUT2D eigenvalue weighted by Crippen LogP contribution is 2.17. The predicted molar refractivity (Wildman–Crippen MR) is 82.3 cm³/mol. The van der Waals surface area contributed by atoms with Crippen molar-refractivity contribution in [1.29, 1.82) is 0 Å². The molecule has 1 N–H and O–H groups in total. The van der Waals surface area contributed by atoms with Crippen LogP contribution in [0.1, 0.15) is 37.2 Å². The van der Waals surface area contributed by atoms with Crippen molar-refractivity contribution in [2.75, 3.05) is 6.54 Å². The second kappa shape index (κ2) is 6.66. The first kappa shape index (κ1) is 14.7. The SMILES string of the molecule is Cc1nn(-c2ccccn2)c(C)c1CCCNC(C)C. The normalized spacial score (nSPS) is 11.2. The molecular weight excluding hydrogens is 248 g/mol. The lowest BCUT2D eigenvalue weighted by Gasteiger charge is -2.08. The number of pyridine rings is 1. The predicted octanol–water partition coefficient (Wildman–Crippen LogP) is 2.81. The smallest absolute Gasteiger partial charge is 0.153 e. The van der Waals surface area contributed by atoms with Crippen LogP contribution >= 0.6 is 0 Å². The van der Waals surface area contributed by atoms with Crippen LogP contribution in [0.15, 0.2) is 24.4 Å².